The highest BCUT2D eigenvalue weighted by Gasteiger charge is 2.64. The van der Waals surface area contributed by atoms with E-state index in [1.54, 1.807) is 53.3 Å². The summed E-state index contributed by atoms with van der Waals surface area (Å²) < 4.78 is 13.8. The van der Waals surface area contributed by atoms with Crippen LogP contribution in [0.2, 0.25) is 5.02 Å². The van der Waals surface area contributed by atoms with Gasteiger partial charge in [-0.1, -0.05) is 45.4 Å². The molecule has 1 saturated heterocycles. The largest absolute Gasteiger partial charge is 0.494 e. The molecule has 2 atom stereocenters. The number of nitrogens with zero attached hydrogens (tertiary/aromatic N) is 4. The normalized spacial score (nSPS) is 23.6. The van der Waals surface area contributed by atoms with Crippen molar-refractivity contribution in [2.75, 3.05) is 6.61 Å². The lowest BCUT2D eigenvalue weighted by atomic mass is 9.49. The fourth-order valence-corrected chi connectivity index (χ4v) is 7.73. The summed E-state index contributed by atoms with van der Waals surface area (Å²) in [5.41, 5.74) is 0.445. The first kappa shape index (κ1) is 34.0. The topological polar surface area (TPSA) is 176 Å². The van der Waals surface area contributed by atoms with Crippen molar-refractivity contribution in [2.24, 2.45) is 10.8 Å². The second-order valence-corrected chi connectivity index (χ2v) is 14.2. The molecule has 4 amide bonds. The number of carbonyl (C=O) groups excluding carboxylic acids is 4. The third-order valence-electron chi connectivity index (χ3n) is 9.68. The van der Waals surface area contributed by atoms with Crippen LogP contribution >= 0.6 is 11.6 Å². The van der Waals surface area contributed by atoms with Crippen molar-refractivity contribution in [2.45, 2.75) is 77.9 Å². The van der Waals surface area contributed by atoms with E-state index in [1.807, 2.05) is 33.8 Å². The number of rotatable bonds is 10. The van der Waals surface area contributed by atoms with E-state index in [0.29, 0.717) is 47.2 Å². The Balaban J connectivity index is 0.998. The Morgan fingerprint density at radius 2 is 1.86 bits per heavy atom. The molecule has 13 nitrogen and oxygen atoms in total. The molecule has 1 saturated carbocycles. The van der Waals surface area contributed by atoms with Crippen LogP contribution in [0.5, 0.6) is 11.5 Å². The maximum absolute atomic E-state index is 13.2. The number of fused-ring (bicyclic) bond motifs is 1. The van der Waals surface area contributed by atoms with Crippen molar-refractivity contribution in [1.82, 2.24) is 25.3 Å². The number of hydrogen-bond donors (Lipinski definition) is 3. The smallest absolute Gasteiger partial charge is 0.272 e. The number of piperidine rings is 1. The number of nitrogens with one attached hydrogen (secondary N) is 2. The van der Waals surface area contributed by atoms with Crippen LogP contribution in [0.25, 0.3) is 0 Å². The van der Waals surface area contributed by atoms with E-state index in [0.717, 1.165) is 4.90 Å². The SMILES string of the molecule is CC1(C)C(NC(=O)c2ccn(CCCOc3ccc4c(c3)C(=O)N(C3CCC(=O)NC3=O)C4O)n2)C(C)(C)C1Oc1ccc(C#N)c(Cl)c1. The monoisotopic (exact) mass is 688 g/mol. The van der Waals surface area contributed by atoms with Gasteiger partial charge in [0.25, 0.3) is 11.8 Å². The molecule has 6 rings (SSSR count). The van der Waals surface area contributed by atoms with Crippen LogP contribution in [-0.4, -0.2) is 68.2 Å². The molecule has 1 aromatic heterocycles. The quantitative estimate of drug-likeness (QED) is 0.212. The van der Waals surface area contributed by atoms with Gasteiger partial charge in [-0.3, -0.25) is 34.1 Å². The van der Waals surface area contributed by atoms with Crippen LogP contribution in [-0.2, 0) is 16.1 Å². The zero-order valence-corrected chi connectivity index (χ0v) is 28.3. The number of nitriles is 1. The molecule has 49 heavy (non-hydrogen) atoms. The van der Waals surface area contributed by atoms with Gasteiger partial charge < -0.3 is 19.9 Å². The fourth-order valence-electron chi connectivity index (χ4n) is 7.52. The molecule has 0 spiro atoms. The van der Waals surface area contributed by atoms with Gasteiger partial charge in [0.15, 0.2) is 6.23 Å². The molecule has 3 N–H and O–H groups in total. The van der Waals surface area contributed by atoms with Crippen LogP contribution in [0.4, 0.5) is 0 Å². The number of halogens is 1. The van der Waals surface area contributed by atoms with Gasteiger partial charge >= 0.3 is 0 Å². The summed E-state index contributed by atoms with van der Waals surface area (Å²) in [6, 6.07) is 12.3. The van der Waals surface area contributed by atoms with Crippen molar-refractivity contribution in [1.29, 1.82) is 5.26 Å². The Kier molecular flexibility index (Phi) is 8.89. The van der Waals surface area contributed by atoms with Gasteiger partial charge in [0.05, 0.1) is 22.8 Å². The first-order valence-corrected chi connectivity index (χ1v) is 16.4. The number of ether oxygens (including phenoxy) is 2. The maximum atomic E-state index is 13.2. The van der Waals surface area contributed by atoms with E-state index in [-0.39, 0.29) is 42.2 Å². The van der Waals surface area contributed by atoms with Crippen LogP contribution < -0.4 is 20.1 Å². The van der Waals surface area contributed by atoms with E-state index in [2.05, 4.69) is 15.7 Å². The average molecular weight is 689 g/mol. The molecule has 2 unspecified atom stereocenters. The first-order chi connectivity index (χ1) is 23.2. The minimum absolute atomic E-state index is 0.0884. The molecule has 14 heteroatoms. The molecule has 3 heterocycles. The first-order valence-electron chi connectivity index (χ1n) is 16.0. The molecule has 2 aliphatic heterocycles. The predicted molar refractivity (Wildman–Crippen MR) is 175 cm³/mol. The number of aryl methyl sites for hydroxylation is 1. The minimum atomic E-state index is -1.29. The fraction of sp³-hybridized carbons (Fsp3) is 0.429. The van der Waals surface area contributed by atoms with Crippen molar-refractivity contribution in [3.8, 4) is 17.6 Å². The lowest BCUT2D eigenvalue weighted by molar-refractivity contribution is -0.164. The van der Waals surface area contributed by atoms with Gasteiger partial charge in [-0.2, -0.15) is 10.4 Å². The molecular formula is C35H37ClN6O7. The van der Waals surface area contributed by atoms with Gasteiger partial charge in [-0.25, -0.2) is 0 Å². The second-order valence-electron chi connectivity index (χ2n) is 13.8. The summed E-state index contributed by atoms with van der Waals surface area (Å²) in [6.45, 7) is 8.90. The van der Waals surface area contributed by atoms with Crippen molar-refractivity contribution >= 4 is 35.2 Å². The third-order valence-corrected chi connectivity index (χ3v) is 9.99. The summed E-state index contributed by atoms with van der Waals surface area (Å²) in [5.74, 6) is -0.813. The van der Waals surface area contributed by atoms with E-state index < -0.39 is 40.8 Å². The number of aliphatic hydroxyl groups is 1. The second kappa shape index (κ2) is 12.8. The summed E-state index contributed by atoms with van der Waals surface area (Å²) in [4.78, 5) is 51.3. The maximum Gasteiger partial charge on any atom is 0.272 e. The zero-order valence-electron chi connectivity index (χ0n) is 27.5. The van der Waals surface area contributed by atoms with Crippen molar-refractivity contribution in [3.05, 3.63) is 76.1 Å². The number of benzene rings is 2. The highest BCUT2D eigenvalue weighted by molar-refractivity contribution is 6.31. The third kappa shape index (κ3) is 6.22. The van der Waals surface area contributed by atoms with Crippen LogP contribution in [0, 0.1) is 22.2 Å². The molecule has 2 fully saturated rings. The Bertz CT molecular complexity index is 1870. The highest BCUT2D eigenvalue weighted by atomic mass is 35.5. The Hall–Kier alpha value is -4.93. The molecular weight excluding hydrogens is 652 g/mol. The standard InChI is InChI=1S/C35H37ClN6O7/c1-34(2)32(35(3,4)33(34)49-21-7-6-19(18-37)24(36)17-21)39-28(44)25-12-14-41(40-25)13-5-15-48-20-8-9-22-23(16-20)31(47)42(30(22)46)26-10-11-27(43)38-29(26)45/h6-9,12,14,16-17,26,30,32-33,46H,5,10-11,13,15H2,1-4H3,(H,39,44)(H,38,43,45). The molecule has 3 aromatic rings. The summed E-state index contributed by atoms with van der Waals surface area (Å²) in [6.07, 6.45) is 0.989. The molecule has 3 aliphatic rings. The number of carbonyl (C=O) groups is 4. The molecule has 2 aromatic carbocycles. The van der Waals surface area contributed by atoms with Gasteiger partial charge in [-0.15, -0.1) is 0 Å². The number of amides is 4. The predicted octanol–water partition coefficient (Wildman–Crippen LogP) is 3.74. The molecule has 256 valence electrons. The van der Waals surface area contributed by atoms with E-state index >= 15 is 0 Å². The van der Waals surface area contributed by atoms with Gasteiger partial charge in [0.2, 0.25) is 11.8 Å². The van der Waals surface area contributed by atoms with Gasteiger partial charge in [-0.05, 0) is 36.8 Å². The summed E-state index contributed by atoms with van der Waals surface area (Å²) in [7, 11) is 0. The zero-order chi connectivity index (χ0) is 35.2. The number of hydrogen-bond acceptors (Lipinski definition) is 9. The summed E-state index contributed by atoms with van der Waals surface area (Å²) in [5, 5.41) is 30.1. The van der Waals surface area contributed by atoms with Crippen LogP contribution in [0.1, 0.15) is 85.2 Å². The highest BCUT2D eigenvalue weighted by Crippen LogP contribution is 2.55. The Morgan fingerprint density at radius 3 is 2.55 bits per heavy atom. The van der Waals surface area contributed by atoms with Gasteiger partial charge in [0, 0.05) is 54.1 Å². The molecule has 1 aliphatic carbocycles. The van der Waals surface area contributed by atoms with E-state index in [4.69, 9.17) is 26.3 Å². The van der Waals surface area contributed by atoms with E-state index in [9.17, 15) is 24.3 Å². The van der Waals surface area contributed by atoms with Gasteiger partial charge in [0.1, 0.15) is 35.4 Å². The lowest BCUT2D eigenvalue weighted by Crippen LogP contribution is -2.74. The van der Waals surface area contributed by atoms with Crippen LogP contribution in [0.15, 0.2) is 48.7 Å². The van der Waals surface area contributed by atoms with Crippen molar-refractivity contribution in [3.63, 3.8) is 0 Å². The van der Waals surface area contributed by atoms with E-state index in [1.165, 1.54) is 0 Å². The molecule has 0 radical (unpaired) electrons. The minimum Gasteiger partial charge on any atom is -0.494 e. The Labute approximate surface area is 288 Å². The lowest BCUT2D eigenvalue weighted by Gasteiger charge is -2.63. The van der Waals surface area contributed by atoms with Crippen LogP contribution in [0.3, 0.4) is 0 Å². The summed E-state index contributed by atoms with van der Waals surface area (Å²) >= 11 is 6.20. The number of aliphatic hydroxyl groups excluding tert-OH is 1. The number of imide groups is 1. The Morgan fingerprint density at radius 1 is 1.12 bits per heavy atom. The van der Waals surface area contributed by atoms with Crippen molar-refractivity contribution < 1.29 is 33.8 Å². The number of aromatic nitrogens is 2. The average Bonchev–Trinajstić information content (AvgIpc) is 3.63. The molecule has 0 bridgehead atoms.